The van der Waals surface area contributed by atoms with E-state index in [9.17, 15) is 9.59 Å². The molecule has 1 aliphatic carbocycles. The highest BCUT2D eigenvalue weighted by Crippen LogP contribution is 2.28. The van der Waals surface area contributed by atoms with Gasteiger partial charge >= 0.3 is 11.9 Å². The zero-order valence-electron chi connectivity index (χ0n) is 16.4. The number of hydrogen-bond acceptors (Lipinski definition) is 4. The summed E-state index contributed by atoms with van der Waals surface area (Å²) in [5.74, 6) is -1.37. The van der Waals surface area contributed by atoms with Crippen molar-refractivity contribution in [3.63, 3.8) is 0 Å². The summed E-state index contributed by atoms with van der Waals surface area (Å²) in [5, 5.41) is 0. The molecule has 4 heteroatoms. The first-order chi connectivity index (χ1) is 13.2. The monoisotopic (exact) mass is 372 g/mol. The van der Waals surface area contributed by atoms with Crippen LogP contribution in [0, 0.1) is 11.8 Å². The zero-order chi connectivity index (χ0) is 19.3. The molecule has 2 rings (SSSR count). The lowest BCUT2D eigenvalue weighted by atomic mass is 9.83. The van der Waals surface area contributed by atoms with Gasteiger partial charge in [-0.15, -0.1) is 0 Å². The van der Waals surface area contributed by atoms with E-state index >= 15 is 0 Å². The van der Waals surface area contributed by atoms with Crippen LogP contribution in [0.3, 0.4) is 0 Å². The molecule has 0 bridgehead atoms. The molecule has 0 aliphatic heterocycles. The molecule has 0 radical (unpaired) electrons. The molecule has 0 saturated heterocycles. The minimum absolute atomic E-state index is 0.262. The maximum absolute atomic E-state index is 12.5. The summed E-state index contributed by atoms with van der Waals surface area (Å²) in [4.78, 5) is 24.9. The minimum Gasteiger partial charge on any atom is -0.465 e. The molecule has 0 heterocycles. The Labute approximate surface area is 162 Å². The van der Waals surface area contributed by atoms with Crippen LogP contribution in [0.5, 0.6) is 0 Å². The molecule has 0 fully saturated rings. The van der Waals surface area contributed by atoms with Crippen LogP contribution in [0.15, 0.2) is 42.5 Å². The van der Waals surface area contributed by atoms with Crippen molar-refractivity contribution in [3.8, 4) is 0 Å². The fourth-order valence-corrected chi connectivity index (χ4v) is 3.34. The first-order valence-corrected chi connectivity index (χ1v) is 10.2. The topological polar surface area (TPSA) is 52.6 Å². The molecule has 0 aromatic heterocycles. The van der Waals surface area contributed by atoms with E-state index in [1.54, 1.807) is 0 Å². The average Bonchev–Trinajstić information content (AvgIpc) is 2.71. The van der Waals surface area contributed by atoms with Crippen molar-refractivity contribution >= 4 is 11.9 Å². The van der Waals surface area contributed by atoms with Crippen molar-refractivity contribution in [2.24, 2.45) is 11.8 Å². The first kappa shape index (κ1) is 21.2. The Morgan fingerprint density at radius 1 is 0.852 bits per heavy atom. The van der Waals surface area contributed by atoms with Crippen molar-refractivity contribution in [3.05, 3.63) is 48.0 Å². The SMILES string of the molecule is CCCCCCOC(=O)C1CC=CCC1C(=O)OCCCc1ccccc1. The van der Waals surface area contributed by atoms with Gasteiger partial charge in [-0.05, 0) is 37.7 Å². The van der Waals surface area contributed by atoms with Gasteiger partial charge in [-0.1, -0.05) is 68.7 Å². The van der Waals surface area contributed by atoms with E-state index in [0.717, 1.165) is 38.5 Å². The van der Waals surface area contributed by atoms with E-state index in [1.807, 2.05) is 30.4 Å². The summed E-state index contributed by atoms with van der Waals surface area (Å²) in [6.07, 6.45) is 10.9. The average molecular weight is 373 g/mol. The molecule has 0 spiro atoms. The molecule has 2 atom stereocenters. The van der Waals surface area contributed by atoms with E-state index in [1.165, 1.54) is 5.56 Å². The fourth-order valence-electron chi connectivity index (χ4n) is 3.34. The summed E-state index contributed by atoms with van der Waals surface area (Å²) in [7, 11) is 0. The Hall–Kier alpha value is -2.10. The van der Waals surface area contributed by atoms with Crippen molar-refractivity contribution in [1.82, 2.24) is 0 Å². The quantitative estimate of drug-likeness (QED) is 0.316. The Morgan fingerprint density at radius 2 is 1.44 bits per heavy atom. The standard InChI is InChI=1S/C23H32O4/c1-2-3-4-10-17-26-22(24)20-15-8-9-16-21(20)23(25)27-18-11-14-19-12-6-5-7-13-19/h5-9,12-13,20-21H,2-4,10-11,14-18H2,1H3. The van der Waals surface area contributed by atoms with E-state index in [-0.39, 0.29) is 11.9 Å². The first-order valence-electron chi connectivity index (χ1n) is 10.2. The van der Waals surface area contributed by atoms with E-state index in [2.05, 4.69) is 19.1 Å². The van der Waals surface area contributed by atoms with Crippen LogP contribution in [0.4, 0.5) is 0 Å². The van der Waals surface area contributed by atoms with Gasteiger partial charge in [0.15, 0.2) is 0 Å². The van der Waals surface area contributed by atoms with Gasteiger partial charge in [-0.25, -0.2) is 0 Å². The number of ether oxygens (including phenoxy) is 2. The normalized spacial score (nSPS) is 18.9. The summed E-state index contributed by atoms with van der Waals surface area (Å²) in [5.41, 5.74) is 1.23. The number of benzene rings is 1. The maximum atomic E-state index is 12.5. The van der Waals surface area contributed by atoms with Crippen LogP contribution >= 0.6 is 0 Å². The van der Waals surface area contributed by atoms with Crippen LogP contribution < -0.4 is 0 Å². The Bertz CT molecular complexity index is 594. The van der Waals surface area contributed by atoms with Crippen molar-refractivity contribution in [2.45, 2.75) is 58.3 Å². The molecular weight excluding hydrogens is 340 g/mol. The molecule has 1 aromatic rings. The lowest BCUT2D eigenvalue weighted by Gasteiger charge is -2.25. The minimum atomic E-state index is -0.421. The van der Waals surface area contributed by atoms with Gasteiger partial charge in [0.05, 0.1) is 25.0 Å². The summed E-state index contributed by atoms with van der Waals surface area (Å²) >= 11 is 0. The molecule has 0 N–H and O–H groups in total. The third-order valence-electron chi connectivity index (χ3n) is 4.98. The summed E-state index contributed by atoms with van der Waals surface area (Å²) < 4.78 is 10.9. The molecule has 148 valence electrons. The van der Waals surface area contributed by atoms with Crippen molar-refractivity contribution in [2.75, 3.05) is 13.2 Å². The van der Waals surface area contributed by atoms with Crippen LogP contribution in [0.25, 0.3) is 0 Å². The second-order valence-corrected chi connectivity index (χ2v) is 7.14. The molecular formula is C23H32O4. The van der Waals surface area contributed by atoms with Gasteiger partial charge in [0.25, 0.3) is 0 Å². The number of carbonyl (C=O) groups is 2. The van der Waals surface area contributed by atoms with Gasteiger partial charge in [0.2, 0.25) is 0 Å². The Morgan fingerprint density at radius 3 is 2.04 bits per heavy atom. The molecule has 1 aliphatic rings. The van der Waals surface area contributed by atoms with Crippen LogP contribution in [-0.4, -0.2) is 25.2 Å². The van der Waals surface area contributed by atoms with Crippen LogP contribution in [0.2, 0.25) is 0 Å². The number of rotatable bonds is 11. The van der Waals surface area contributed by atoms with Crippen LogP contribution in [0.1, 0.15) is 57.4 Å². The van der Waals surface area contributed by atoms with Gasteiger partial charge < -0.3 is 9.47 Å². The second-order valence-electron chi connectivity index (χ2n) is 7.14. The number of carbonyl (C=O) groups excluding carboxylic acids is 2. The largest absolute Gasteiger partial charge is 0.465 e. The van der Waals surface area contributed by atoms with Crippen molar-refractivity contribution in [1.29, 1.82) is 0 Å². The van der Waals surface area contributed by atoms with Crippen molar-refractivity contribution < 1.29 is 19.1 Å². The number of unbranched alkanes of at least 4 members (excludes halogenated alkanes) is 3. The number of allylic oxidation sites excluding steroid dienone is 2. The highest BCUT2D eigenvalue weighted by Gasteiger charge is 2.36. The molecule has 27 heavy (non-hydrogen) atoms. The summed E-state index contributed by atoms with van der Waals surface area (Å²) in [6.45, 7) is 2.97. The second kappa shape index (κ2) is 12.3. The van der Waals surface area contributed by atoms with E-state index < -0.39 is 11.8 Å². The molecule has 0 amide bonds. The number of hydrogen-bond donors (Lipinski definition) is 0. The van der Waals surface area contributed by atoms with Crippen LogP contribution in [-0.2, 0) is 25.5 Å². The molecule has 2 unspecified atom stereocenters. The predicted octanol–water partition coefficient (Wildman–Crippen LogP) is 4.87. The van der Waals surface area contributed by atoms with E-state index in [0.29, 0.717) is 26.1 Å². The highest BCUT2D eigenvalue weighted by molar-refractivity contribution is 5.82. The Balaban J connectivity index is 1.73. The predicted molar refractivity (Wildman–Crippen MR) is 106 cm³/mol. The lowest BCUT2D eigenvalue weighted by molar-refractivity contribution is -0.161. The number of aryl methyl sites for hydroxylation is 1. The molecule has 0 saturated carbocycles. The van der Waals surface area contributed by atoms with E-state index in [4.69, 9.17) is 9.47 Å². The lowest BCUT2D eigenvalue weighted by Crippen LogP contribution is -2.34. The van der Waals surface area contributed by atoms with Gasteiger partial charge in [0.1, 0.15) is 0 Å². The third-order valence-corrected chi connectivity index (χ3v) is 4.98. The molecule has 1 aromatic carbocycles. The third kappa shape index (κ3) is 7.58. The van der Waals surface area contributed by atoms with Gasteiger partial charge in [-0.3, -0.25) is 9.59 Å². The fraction of sp³-hybridized carbons (Fsp3) is 0.565. The summed E-state index contributed by atoms with van der Waals surface area (Å²) in [6, 6.07) is 10.1. The highest BCUT2D eigenvalue weighted by atomic mass is 16.5. The van der Waals surface area contributed by atoms with Gasteiger partial charge in [-0.2, -0.15) is 0 Å². The smallest absolute Gasteiger partial charge is 0.310 e. The number of esters is 2. The Kier molecular flexibility index (Phi) is 9.67. The zero-order valence-corrected chi connectivity index (χ0v) is 16.4. The maximum Gasteiger partial charge on any atom is 0.310 e. The molecule has 4 nitrogen and oxygen atoms in total. The van der Waals surface area contributed by atoms with Gasteiger partial charge in [0, 0.05) is 0 Å².